The van der Waals surface area contributed by atoms with Gasteiger partial charge in [0.2, 0.25) is 21.8 Å². The third-order valence-electron chi connectivity index (χ3n) is 6.41. The van der Waals surface area contributed by atoms with Gasteiger partial charge in [0.25, 0.3) is 0 Å². The van der Waals surface area contributed by atoms with Crippen molar-refractivity contribution in [3.05, 3.63) is 36.2 Å². The van der Waals surface area contributed by atoms with Crippen molar-refractivity contribution in [1.82, 2.24) is 9.29 Å². The highest BCUT2D eigenvalue weighted by molar-refractivity contribution is 7.89. The number of hydrogen-bond acceptors (Lipinski definition) is 6. The summed E-state index contributed by atoms with van der Waals surface area (Å²) in [7, 11) is -1.69. The van der Waals surface area contributed by atoms with Crippen molar-refractivity contribution in [3.8, 4) is 16.9 Å². The summed E-state index contributed by atoms with van der Waals surface area (Å²) < 4.78 is 31.9. The van der Waals surface area contributed by atoms with Crippen LogP contribution in [-0.2, 0) is 26.0 Å². The summed E-state index contributed by atoms with van der Waals surface area (Å²) in [6.45, 7) is 1.79. The summed E-state index contributed by atoms with van der Waals surface area (Å²) in [6, 6.07) is 5.49. The molecule has 0 N–H and O–H groups in total. The maximum atomic E-state index is 13.0. The van der Waals surface area contributed by atoms with Gasteiger partial charge in [-0.15, -0.1) is 0 Å². The largest absolute Gasteiger partial charge is 0.488 e. The van der Waals surface area contributed by atoms with Gasteiger partial charge in [0.1, 0.15) is 12.3 Å². The number of aromatic nitrogens is 1. The van der Waals surface area contributed by atoms with E-state index >= 15 is 0 Å². The topological polar surface area (TPSA) is 100 Å². The molecule has 0 spiro atoms. The van der Waals surface area contributed by atoms with Gasteiger partial charge in [-0.3, -0.25) is 19.5 Å². The second-order valence-corrected chi connectivity index (χ2v) is 10.5. The zero-order valence-corrected chi connectivity index (χ0v) is 18.8. The molecule has 9 nitrogen and oxygen atoms in total. The quantitative estimate of drug-likeness (QED) is 0.693. The second-order valence-electron chi connectivity index (χ2n) is 8.25. The Morgan fingerprint density at radius 1 is 1.12 bits per heavy atom. The summed E-state index contributed by atoms with van der Waals surface area (Å²) >= 11 is 0. The smallest absolute Gasteiger partial charge is 0.242 e. The van der Waals surface area contributed by atoms with Gasteiger partial charge in [0.05, 0.1) is 24.5 Å². The van der Waals surface area contributed by atoms with E-state index in [4.69, 9.17) is 4.74 Å². The van der Waals surface area contributed by atoms with Crippen LogP contribution >= 0.6 is 0 Å². The van der Waals surface area contributed by atoms with Crippen LogP contribution in [0.15, 0.2) is 30.6 Å². The molecule has 3 aliphatic heterocycles. The van der Waals surface area contributed by atoms with E-state index in [1.165, 1.54) is 4.31 Å². The minimum absolute atomic E-state index is 0.0464. The number of anilines is 2. The average Bonchev–Trinajstić information content (AvgIpc) is 2.80. The summed E-state index contributed by atoms with van der Waals surface area (Å²) in [5.41, 5.74) is 4.19. The zero-order chi connectivity index (χ0) is 22.6. The standard InChI is InChI=1S/C22H24N4O5S/c1-3-32(29,30)25-11-16-13-31-22-17(9-23-10-19(22)26(16)21(28)12-25)14-4-6-18-15(8-14)5-7-20(27)24(18)2/h4,6,8-10,16H,3,5,7,11-13H2,1-2H3. The Morgan fingerprint density at radius 3 is 2.72 bits per heavy atom. The van der Waals surface area contributed by atoms with Crippen LogP contribution in [0.1, 0.15) is 18.9 Å². The lowest BCUT2D eigenvalue weighted by Crippen LogP contribution is -2.61. The van der Waals surface area contributed by atoms with Crippen LogP contribution in [-0.4, -0.2) is 68.1 Å². The first-order valence-electron chi connectivity index (χ1n) is 10.6. The number of hydrogen-bond donors (Lipinski definition) is 0. The number of ether oxygens (including phenoxy) is 1. The number of pyridine rings is 1. The Balaban J connectivity index is 1.51. The highest BCUT2D eigenvalue weighted by Crippen LogP contribution is 2.43. The van der Waals surface area contributed by atoms with Gasteiger partial charge in [0.15, 0.2) is 5.75 Å². The molecule has 3 aliphatic rings. The molecule has 1 aromatic heterocycles. The predicted molar refractivity (Wildman–Crippen MR) is 119 cm³/mol. The number of piperazine rings is 1. The lowest BCUT2D eigenvalue weighted by Gasteiger charge is -2.43. The van der Waals surface area contributed by atoms with E-state index < -0.39 is 16.1 Å². The number of nitrogens with zero attached hydrogens (tertiary/aromatic N) is 4. The fourth-order valence-electron chi connectivity index (χ4n) is 4.63. The summed E-state index contributed by atoms with van der Waals surface area (Å²) in [4.78, 5) is 32.6. The molecule has 4 heterocycles. The Labute approximate surface area is 186 Å². The number of amides is 2. The molecule has 2 amide bonds. The molecular weight excluding hydrogens is 432 g/mol. The molecule has 0 radical (unpaired) electrons. The van der Waals surface area contributed by atoms with Crippen LogP contribution in [0.2, 0.25) is 0 Å². The number of carbonyl (C=O) groups is 2. The maximum Gasteiger partial charge on any atom is 0.242 e. The van der Waals surface area contributed by atoms with E-state index in [9.17, 15) is 18.0 Å². The van der Waals surface area contributed by atoms with Crippen molar-refractivity contribution in [3.63, 3.8) is 0 Å². The number of carbonyl (C=O) groups excluding carboxylic acids is 2. The van der Waals surface area contributed by atoms with Gasteiger partial charge in [-0.2, -0.15) is 4.31 Å². The van der Waals surface area contributed by atoms with Crippen molar-refractivity contribution >= 4 is 33.2 Å². The highest BCUT2D eigenvalue weighted by atomic mass is 32.2. The number of sulfonamides is 1. The van der Waals surface area contributed by atoms with Crippen molar-refractivity contribution in [1.29, 1.82) is 0 Å². The molecule has 0 bridgehead atoms. The van der Waals surface area contributed by atoms with Crippen LogP contribution in [0.4, 0.5) is 11.4 Å². The van der Waals surface area contributed by atoms with E-state index in [-0.39, 0.29) is 37.3 Å². The van der Waals surface area contributed by atoms with Gasteiger partial charge in [-0.1, -0.05) is 6.07 Å². The Hall–Kier alpha value is -2.98. The number of fused-ring (bicyclic) bond motifs is 4. The van der Waals surface area contributed by atoms with Crippen molar-refractivity contribution in [2.24, 2.45) is 0 Å². The van der Waals surface area contributed by atoms with E-state index in [1.807, 2.05) is 18.2 Å². The Bertz CT molecular complexity index is 1230. The van der Waals surface area contributed by atoms with E-state index in [1.54, 1.807) is 36.2 Å². The SMILES string of the molecule is CCS(=O)(=O)N1CC(=O)N2c3cncc(-c4ccc5c(c4)CCC(=O)N5C)c3OCC2C1. The van der Waals surface area contributed by atoms with Crippen molar-refractivity contribution < 1.29 is 22.7 Å². The molecule has 1 unspecified atom stereocenters. The first-order chi connectivity index (χ1) is 15.3. The first-order valence-corrected chi connectivity index (χ1v) is 12.2. The minimum Gasteiger partial charge on any atom is -0.488 e. The molecule has 1 aromatic carbocycles. The molecule has 32 heavy (non-hydrogen) atoms. The maximum absolute atomic E-state index is 13.0. The molecule has 5 rings (SSSR count). The Morgan fingerprint density at radius 2 is 1.94 bits per heavy atom. The normalized spacial score (nSPS) is 21.0. The zero-order valence-electron chi connectivity index (χ0n) is 17.9. The third kappa shape index (κ3) is 3.25. The fraction of sp³-hybridized carbons (Fsp3) is 0.409. The van der Waals surface area contributed by atoms with E-state index in [0.717, 1.165) is 22.4 Å². The van der Waals surface area contributed by atoms with Gasteiger partial charge in [-0.25, -0.2) is 8.42 Å². The number of benzene rings is 1. The fourth-order valence-corrected chi connectivity index (χ4v) is 5.71. The van der Waals surface area contributed by atoms with Crippen LogP contribution < -0.4 is 14.5 Å². The van der Waals surface area contributed by atoms with Crippen molar-refractivity contribution in [2.75, 3.05) is 42.3 Å². The molecule has 2 aromatic rings. The van der Waals surface area contributed by atoms with Crippen molar-refractivity contribution in [2.45, 2.75) is 25.8 Å². The lowest BCUT2D eigenvalue weighted by molar-refractivity contribution is -0.121. The molecule has 10 heteroatoms. The lowest BCUT2D eigenvalue weighted by atomic mass is 9.95. The Kier molecular flexibility index (Phi) is 4.94. The molecule has 168 valence electrons. The molecule has 0 saturated carbocycles. The minimum atomic E-state index is -3.46. The predicted octanol–water partition coefficient (Wildman–Crippen LogP) is 1.42. The molecule has 0 aliphatic carbocycles. The van der Waals surface area contributed by atoms with Crippen LogP contribution in [0, 0.1) is 0 Å². The second kappa shape index (κ2) is 7.56. The summed E-state index contributed by atoms with van der Waals surface area (Å²) in [6.07, 6.45) is 4.44. The monoisotopic (exact) mass is 456 g/mol. The van der Waals surface area contributed by atoms with Crippen LogP contribution in [0.25, 0.3) is 11.1 Å². The van der Waals surface area contributed by atoms with Gasteiger partial charge >= 0.3 is 0 Å². The van der Waals surface area contributed by atoms with Crippen LogP contribution in [0.3, 0.4) is 0 Å². The molecule has 1 saturated heterocycles. The highest BCUT2D eigenvalue weighted by Gasteiger charge is 2.42. The molecule has 1 atom stereocenters. The first kappa shape index (κ1) is 20.9. The van der Waals surface area contributed by atoms with Gasteiger partial charge in [0, 0.05) is 37.5 Å². The average molecular weight is 457 g/mol. The van der Waals surface area contributed by atoms with Gasteiger partial charge in [-0.05, 0) is 36.6 Å². The van der Waals surface area contributed by atoms with Crippen LogP contribution in [0.5, 0.6) is 5.75 Å². The van der Waals surface area contributed by atoms with E-state index in [0.29, 0.717) is 24.3 Å². The molecule has 1 fully saturated rings. The number of rotatable bonds is 3. The third-order valence-corrected chi connectivity index (χ3v) is 8.20. The van der Waals surface area contributed by atoms with E-state index in [2.05, 4.69) is 4.98 Å². The summed E-state index contributed by atoms with van der Waals surface area (Å²) in [5.74, 6) is 0.333. The summed E-state index contributed by atoms with van der Waals surface area (Å²) in [5, 5.41) is 0. The van der Waals surface area contributed by atoms with Gasteiger partial charge < -0.3 is 9.64 Å². The molecular formula is C22H24N4O5S. The number of aryl methyl sites for hydroxylation is 1.